The van der Waals surface area contributed by atoms with E-state index >= 15 is 0 Å². The number of benzene rings is 1. The van der Waals surface area contributed by atoms with Gasteiger partial charge in [0, 0.05) is 11.4 Å². The lowest BCUT2D eigenvalue weighted by atomic mass is 10.1. The van der Waals surface area contributed by atoms with Crippen LogP contribution in [0.4, 0.5) is 4.39 Å². The summed E-state index contributed by atoms with van der Waals surface area (Å²) in [6, 6.07) is 4.60. The maximum atomic E-state index is 13.6. The van der Waals surface area contributed by atoms with Gasteiger partial charge in [0.1, 0.15) is 4.75 Å². The van der Waals surface area contributed by atoms with E-state index in [0.29, 0.717) is 6.61 Å². The van der Waals surface area contributed by atoms with Crippen molar-refractivity contribution in [3.8, 4) is 5.75 Å². The molecule has 20 heavy (non-hydrogen) atoms. The van der Waals surface area contributed by atoms with E-state index in [1.165, 1.54) is 6.07 Å². The van der Waals surface area contributed by atoms with Gasteiger partial charge in [-0.15, -0.1) is 4.72 Å². The first-order chi connectivity index (χ1) is 9.25. The Hall–Kier alpha value is -0.780. The highest BCUT2D eigenvalue weighted by Crippen LogP contribution is 2.25. The van der Waals surface area contributed by atoms with Gasteiger partial charge in [-0.1, -0.05) is 13.0 Å². The molecular weight excluding hydrogens is 277 g/mol. The molecule has 1 aromatic carbocycles. The Balaban J connectivity index is 2.80. The lowest BCUT2D eigenvalue weighted by Gasteiger charge is -2.26. The molecule has 0 fully saturated rings. The second-order valence-electron chi connectivity index (χ2n) is 5.76. The van der Waals surface area contributed by atoms with Crippen LogP contribution in [0.15, 0.2) is 18.2 Å². The van der Waals surface area contributed by atoms with Crippen molar-refractivity contribution in [3.63, 3.8) is 0 Å². The minimum atomic E-state index is -1.17. The van der Waals surface area contributed by atoms with E-state index in [1.807, 2.05) is 34.6 Å². The Morgan fingerprint density at radius 2 is 2.05 bits per heavy atom. The summed E-state index contributed by atoms with van der Waals surface area (Å²) in [5, 5.41) is 0. The highest BCUT2D eigenvalue weighted by atomic mass is 32.2. The van der Waals surface area contributed by atoms with Crippen LogP contribution in [-0.4, -0.2) is 15.9 Å². The largest absolute Gasteiger partial charge is 0.598 e. The summed E-state index contributed by atoms with van der Waals surface area (Å²) >= 11 is -1.17. The predicted octanol–water partition coefficient (Wildman–Crippen LogP) is 3.73. The predicted molar refractivity (Wildman–Crippen MR) is 81.6 cm³/mol. The van der Waals surface area contributed by atoms with Crippen molar-refractivity contribution in [1.82, 2.24) is 4.72 Å². The third kappa shape index (κ3) is 4.96. The van der Waals surface area contributed by atoms with Crippen molar-refractivity contribution in [2.75, 3.05) is 6.61 Å². The second kappa shape index (κ2) is 7.29. The lowest BCUT2D eigenvalue weighted by Crippen LogP contribution is -2.40. The van der Waals surface area contributed by atoms with Crippen molar-refractivity contribution in [2.45, 2.75) is 51.8 Å². The highest BCUT2D eigenvalue weighted by Gasteiger charge is 2.28. The van der Waals surface area contributed by atoms with E-state index in [2.05, 4.69) is 4.72 Å². The first-order valence-corrected chi connectivity index (χ1v) is 8.01. The monoisotopic (exact) mass is 301 g/mol. The van der Waals surface area contributed by atoms with Gasteiger partial charge in [0.25, 0.3) is 0 Å². The van der Waals surface area contributed by atoms with Crippen LogP contribution in [0.5, 0.6) is 5.75 Å². The first kappa shape index (κ1) is 17.3. The van der Waals surface area contributed by atoms with Gasteiger partial charge < -0.3 is 9.29 Å². The average molecular weight is 301 g/mol. The molecule has 0 aliphatic carbocycles. The molecule has 0 aliphatic rings. The van der Waals surface area contributed by atoms with E-state index in [9.17, 15) is 8.94 Å². The van der Waals surface area contributed by atoms with Gasteiger partial charge in [0.05, 0.1) is 12.6 Å². The van der Waals surface area contributed by atoms with Crippen molar-refractivity contribution < 1.29 is 13.7 Å². The third-order valence-electron chi connectivity index (χ3n) is 2.76. The molecule has 0 heterocycles. The Labute approximate surface area is 124 Å². The van der Waals surface area contributed by atoms with E-state index in [4.69, 9.17) is 4.74 Å². The summed E-state index contributed by atoms with van der Waals surface area (Å²) in [4.78, 5) is 0. The minimum absolute atomic E-state index is 0.139. The molecular formula is C15H24FNO2S. The molecule has 0 bridgehead atoms. The van der Waals surface area contributed by atoms with Gasteiger partial charge in [0.2, 0.25) is 0 Å². The van der Waals surface area contributed by atoms with E-state index in [1.54, 1.807) is 12.1 Å². The Bertz CT molecular complexity index is 434. The maximum absolute atomic E-state index is 13.6. The van der Waals surface area contributed by atoms with Crippen molar-refractivity contribution in [2.24, 2.45) is 0 Å². The molecule has 5 heteroatoms. The fourth-order valence-corrected chi connectivity index (χ4v) is 2.33. The molecule has 0 radical (unpaired) electrons. The molecule has 0 aliphatic heterocycles. The van der Waals surface area contributed by atoms with Crippen molar-refractivity contribution >= 4 is 11.4 Å². The molecule has 0 spiro atoms. The summed E-state index contributed by atoms with van der Waals surface area (Å²) < 4.78 is 33.7. The normalized spacial score (nSPS) is 14.9. The minimum Gasteiger partial charge on any atom is -0.598 e. The van der Waals surface area contributed by atoms with E-state index in [0.717, 1.165) is 12.0 Å². The van der Waals surface area contributed by atoms with Crippen LogP contribution in [0, 0.1) is 5.82 Å². The van der Waals surface area contributed by atoms with Crippen molar-refractivity contribution in [1.29, 1.82) is 0 Å². The topological polar surface area (TPSA) is 44.3 Å². The van der Waals surface area contributed by atoms with Crippen LogP contribution >= 0.6 is 0 Å². The zero-order chi connectivity index (χ0) is 15.3. The molecule has 0 saturated heterocycles. The van der Waals surface area contributed by atoms with Gasteiger partial charge in [-0.25, -0.2) is 4.39 Å². The van der Waals surface area contributed by atoms with Crippen LogP contribution in [0.25, 0.3) is 0 Å². The van der Waals surface area contributed by atoms with Crippen LogP contribution in [0.2, 0.25) is 0 Å². The summed E-state index contributed by atoms with van der Waals surface area (Å²) in [6.45, 7) is 10.1. The van der Waals surface area contributed by atoms with Crippen LogP contribution in [0.3, 0.4) is 0 Å². The van der Waals surface area contributed by atoms with Crippen LogP contribution in [0.1, 0.15) is 52.6 Å². The summed E-state index contributed by atoms with van der Waals surface area (Å²) in [5.41, 5.74) is 0.857. The van der Waals surface area contributed by atoms with Gasteiger partial charge in [-0.05, 0) is 51.8 Å². The standard InChI is InChI=1S/C15H24FNO2S/c1-6-9-19-14-10-12(7-8-13(14)16)11(2)17-20(18)15(3,4)5/h7-8,10-11,17H,6,9H2,1-5H3/t11?,20-/m0/s1. The quantitative estimate of drug-likeness (QED) is 0.814. The Kier molecular flexibility index (Phi) is 6.30. The third-order valence-corrected chi connectivity index (χ3v) is 4.44. The maximum Gasteiger partial charge on any atom is 0.165 e. The van der Waals surface area contributed by atoms with E-state index in [-0.39, 0.29) is 22.4 Å². The smallest absolute Gasteiger partial charge is 0.165 e. The molecule has 1 unspecified atom stereocenters. The zero-order valence-electron chi connectivity index (χ0n) is 12.8. The molecule has 3 nitrogen and oxygen atoms in total. The molecule has 114 valence electrons. The van der Waals surface area contributed by atoms with Gasteiger partial charge in [0.15, 0.2) is 11.6 Å². The number of hydrogen-bond donors (Lipinski definition) is 1. The van der Waals surface area contributed by atoms with E-state index < -0.39 is 11.4 Å². The summed E-state index contributed by atoms with van der Waals surface area (Å²) in [6.07, 6.45) is 0.825. The average Bonchev–Trinajstić information content (AvgIpc) is 2.36. The highest BCUT2D eigenvalue weighted by molar-refractivity contribution is 7.90. The van der Waals surface area contributed by atoms with Gasteiger partial charge in [-0.2, -0.15) is 0 Å². The molecule has 0 aromatic heterocycles. The van der Waals surface area contributed by atoms with Crippen molar-refractivity contribution in [3.05, 3.63) is 29.6 Å². The number of nitrogens with one attached hydrogen (secondary N) is 1. The Morgan fingerprint density at radius 1 is 1.40 bits per heavy atom. The molecule has 1 rings (SSSR count). The molecule has 1 aromatic rings. The fraction of sp³-hybridized carbons (Fsp3) is 0.600. The molecule has 0 saturated carbocycles. The Morgan fingerprint density at radius 3 is 2.60 bits per heavy atom. The van der Waals surface area contributed by atoms with Gasteiger partial charge in [-0.3, -0.25) is 0 Å². The zero-order valence-corrected chi connectivity index (χ0v) is 13.6. The second-order valence-corrected chi connectivity index (χ2v) is 7.76. The number of hydrogen-bond acceptors (Lipinski definition) is 3. The first-order valence-electron chi connectivity index (χ1n) is 6.86. The number of ether oxygens (including phenoxy) is 1. The van der Waals surface area contributed by atoms with Gasteiger partial charge >= 0.3 is 0 Å². The number of halogens is 1. The number of rotatable bonds is 6. The molecule has 1 N–H and O–H groups in total. The summed E-state index contributed by atoms with van der Waals surface area (Å²) in [7, 11) is 0. The fourth-order valence-electron chi connectivity index (χ4n) is 1.52. The molecule has 0 amide bonds. The van der Waals surface area contributed by atoms with Crippen LogP contribution < -0.4 is 9.46 Å². The van der Waals surface area contributed by atoms with Crippen LogP contribution in [-0.2, 0) is 11.4 Å². The SMILES string of the molecule is CCCOc1cc(C(C)N[S@@+]([O-])C(C)(C)C)ccc1F. The summed E-state index contributed by atoms with van der Waals surface area (Å²) in [5.74, 6) is -0.120. The molecule has 2 atom stereocenters. The lowest BCUT2D eigenvalue weighted by molar-refractivity contribution is 0.300.